The Kier molecular flexibility index (Phi) is 3.62. The van der Waals surface area contributed by atoms with E-state index in [1.54, 1.807) is 24.3 Å². The van der Waals surface area contributed by atoms with Crippen molar-refractivity contribution in [1.82, 2.24) is 4.57 Å². The summed E-state index contributed by atoms with van der Waals surface area (Å²) < 4.78 is 6.47. The first-order valence-electron chi connectivity index (χ1n) is 6.71. The number of fused-ring (bicyclic) bond motifs is 1. The summed E-state index contributed by atoms with van der Waals surface area (Å²) in [6.07, 6.45) is 0.688. The highest BCUT2D eigenvalue weighted by molar-refractivity contribution is 6.05. The molecular weight excluding hydrogens is 282 g/mol. The lowest BCUT2D eigenvalue weighted by Gasteiger charge is -2.06. The first-order valence-corrected chi connectivity index (χ1v) is 6.71. The monoisotopic (exact) mass is 295 g/mol. The molecule has 22 heavy (non-hydrogen) atoms. The molecule has 1 heterocycles. The highest BCUT2D eigenvalue weighted by Crippen LogP contribution is 2.21. The van der Waals surface area contributed by atoms with Gasteiger partial charge in [0.1, 0.15) is 6.61 Å². The highest BCUT2D eigenvalue weighted by Gasteiger charge is 2.18. The van der Waals surface area contributed by atoms with Crippen LogP contribution in [0.2, 0.25) is 0 Å². The SMILES string of the molecule is O=C(O)c1cn(C(=O)OCc2ccccc2)c2ccccc12. The van der Waals surface area contributed by atoms with Gasteiger partial charge in [-0.25, -0.2) is 9.59 Å². The molecule has 0 bridgehead atoms. The topological polar surface area (TPSA) is 68.5 Å². The van der Waals surface area contributed by atoms with E-state index in [1.807, 2.05) is 30.3 Å². The van der Waals surface area contributed by atoms with Gasteiger partial charge in [-0.1, -0.05) is 48.5 Å². The van der Waals surface area contributed by atoms with Gasteiger partial charge in [0.15, 0.2) is 0 Å². The van der Waals surface area contributed by atoms with E-state index in [-0.39, 0.29) is 12.2 Å². The van der Waals surface area contributed by atoms with Crippen LogP contribution in [0.25, 0.3) is 10.9 Å². The van der Waals surface area contributed by atoms with E-state index < -0.39 is 12.1 Å². The number of carboxylic acid groups (broad SMARTS) is 1. The molecule has 0 spiro atoms. The molecule has 1 aromatic heterocycles. The number of hydrogen-bond acceptors (Lipinski definition) is 3. The average molecular weight is 295 g/mol. The second kappa shape index (κ2) is 5.73. The second-order valence-corrected chi connectivity index (χ2v) is 4.78. The fourth-order valence-electron chi connectivity index (χ4n) is 2.29. The first-order chi connectivity index (χ1) is 10.7. The van der Waals surface area contributed by atoms with Crippen LogP contribution in [0.15, 0.2) is 60.8 Å². The van der Waals surface area contributed by atoms with Crippen molar-refractivity contribution in [3.8, 4) is 0 Å². The number of nitrogens with zero attached hydrogens (tertiary/aromatic N) is 1. The van der Waals surface area contributed by atoms with Crippen LogP contribution < -0.4 is 0 Å². The van der Waals surface area contributed by atoms with Gasteiger partial charge >= 0.3 is 12.1 Å². The minimum absolute atomic E-state index is 0.0762. The molecule has 2 aromatic carbocycles. The summed E-state index contributed by atoms with van der Waals surface area (Å²) in [7, 11) is 0. The van der Waals surface area contributed by atoms with Gasteiger partial charge in [0.05, 0.1) is 11.1 Å². The molecule has 0 aliphatic carbocycles. The van der Waals surface area contributed by atoms with Crippen LogP contribution in [-0.2, 0) is 11.3 Å². The molecule has 0 radical (unpaired) electrons. The van der Waals surface area contributed by atoms with Crippen molar-refractivity contribution >= 4 is 23.0 Å². The van der Waals surface area contributed by atoms with Gasteiger partial charge in [0.2, 0.25) is 0 Å². The van der Waals surface area contributed by atoms with E-state index in [2.05, 4.69) is 0 Å². The van der Waals surface area contributed by atoms with Gasteiger partial charge in [-0.05, 0) is 11.6 Å². The third-order valence-corrected chi connectivity index (χ3v) is 3.34. The van der Waals surface area contributed by atoms with E-state index in [1.165, 1.54) is 10.8 Å². The van der Waals surface area contributed by atoms with Crippen molar-refractivity contribution in [1.29, 1.82) is 0 Å². The molecule has 0 saturated heterocycles. The Hall–Kier alpha value is -3.08. The third kappa shape index (κ3) is 2.56. The lowest BCUT2D eigenvalue weighted by Crippen LogP contribution is -2.12. The van der Waals surface area contributed by atoms with Crippen LogP contribution >= 0.6 is 0 Å². The number of aromatic nitrogens is 1. The number of benzene rings is 2. The molecule has 0 aliphatic heterocycles. The zero-order valence-corrected chi connectivity index (χ0v) is 11.6. The molecule has 3 aromatic rings. The minimum atomic E-state index is -1.08. The number of carbonyl (C=O) groups excluding carboxylic acids is 1. The third-order valence-electron chi connectivity index (χ3n) is 3.34. The number of carbonyl (C=O) groups is 2. The standard InChI is InChI=1S/C17H13NO4/c19-16(20)14-10-18(15-9-5-4-8-13(14)15)17(21)22-11-12-6-2-1-3-7-12/h1-10H,11H2,(H,19,20). The first kappa shape index (κ1) is 13.9. The highest BCUT2D eigenvalue weighted by atomic mass is 16.5. The maximum atomic E-state index is 12.2. The van der Waals surface area contributed by atoms with Gasteiger partial charge in [0, 0.05) is 11.6 Å². The Balaban J connectivity index is 1.89. The Labute approximate surface area is 126 Å². The van der Waals surface area contributed by atoms with E-state index in [0.29, 0.717) is 10.9 Å². The summed E-state index contributed by atoms with van der Waals surface area (Å²) in [6, 6.07) is 16.1. The second-order valence-electron chi connectivity index (χ2n) is 4.78. The van der Waals surface area contributed by atoms with Crippen molar-refractivity contribution in [3.05, 3.63) is 71.9 Å². The molecule has 5 nitrogen and oxygen atoms in total. The number of ether oxygens (including phenoxy) is 1. The van der Waals surface area contributed by atoms with E-state index in [0.717, 1.165) is 5.56 Å². The normalized spacial score (nSPS) is 10.5. The van der Waals surface area contributed by atoms with E-state index >= 15 is 0 Å². The fraction of sp³-hybridized carbons (Fsp3) is 0.0588. The molecule has 0 saturated carbocycles. The predicted molar refractivity (Wildman–Crippen MR) is 80.9 cm³/mol. The van der Waals surface area contributed by atoms with Gasteiger partial charge in [0.25, 0.3) is 0 Å². The van der Waals surface area contributed by atoms with Gasteiger partial charge < -0.3 is 9.84 Å². The lowest BCUT2D eigenvalue weighted by molar-refractivity contribution is 0.0699. The van der Waals surface area contributed by atoms with Crippen LogP contribution in [0, 0.1) is 0 Å². The number of carboxylic acids is 1. The maximum Gasteiger partial charge on any atom is 0.418 e. The zero-order valence-electron chi connectivity index (χ0n) is 11.6. The van der Waals surface area contributed by atoms with Crippen molar-refractivity contribution < 1.29 is 19.4 Å². The van der Waals surface area contributed by atoms with Gasteiger partial charge in [-0.2, -0.15) is 0 Å². The number of rotatable bonds is 3. The summed E-state index contributed by atoms with van der Waals surface area (Å²) >= 11 is 0. The Morgan fingerprint density at radius 3 is 2.41 bits per heavy atom. The van der Waals surface area contributed by atoms with Crippen molar-refractivity contribution in [3.63, 3.8) is 0 Å². The lowest BCUT2D eigenvalue weighted by atomic mass is 10.2. The molecule has 110 valence electrons. The number of para-hydroxylation sites is 1. The maximum absolute atomic E-state index is 12.2. The molecule has 0 aliphatic rings. The molecule has 1 N–H and O–H groups in total. The average Bonchev–Trinajstić information content (AvgIpc) is 2.93. The smallest absolute Gasteiger partial charge is 0.418 e. The molecule has 3 rings (SSSR count). The number of aromatic carboxylic acids is 1. The molecule has 0 amide bonds. The van der Waals surface area contributed by atoms with Gasteiger partial charge in [-0.3, -0.25) is 4.57 Å². The van der Waals surface area contributed by atoms with Crippen molar-refractivity contribution in [2.75, 3.05) is 0 Å². The summed E-state index contributed by atoms with van der Waals surface area (Å²) in [5.74, 6) is -1.08. The van der Waals surface area contributed by atoms with Crippen molar-refractivity contribution in [2.45, 2.75) is 6.61 Å². The molecular formula is C17H13NO4. The fourth-order valence-corrected chi connectivity index (χ4v) is 2.29. The summed E-state index contributed by atoms with van der Waals surface area (Å²) in [5.41, 5.74) is 1.45. The zero-order chi connectivity index (χ0) is 15.5. The van der Waals surface area contributed by atoms with Crippen LogP contribution in [0.5, 0.6) is 0 Å². The largest absolute Gasteiger partial charge is 0.478 e. The van der Waals surface area contributed by atoms with Crippen LogP contribution in [-0.4, -0.2) is 21.7 Å². The number of hydrogen-bond donors (Lipinski definition) is 1. The Morgan fingerprint density at radius 1 is 1.00 bits per heavy atom. The quantitative estimate of drug-likeness (QED) is 0.802. The molecule has 0 unspecified atom stereocenters. The molecule has 0 atom stereocenters. The Morgan fingerprint density at radius 2 is 1.68 bits per heavy atom. The molecule has 0 fully saturated rings. The summed E-state index contributed by atoms with van der Waals surface area (Å²) in [4.78, 5) is 23.5. The Bertz CT molecular complexity index is 836. The summed E-state index contributed by atoms with van der Waals surface area (Å²) in [5, 5.41) is 9.73. The summed E-state index contributed by atoms with van der Waals surface area (Å²) in [6.45, 7) is 0.134. The minimum Gasteiger partial charge on any atom is -0.478 e. The van der Waals surface area contributed by atoms with E-state index in [4.69, 9.17) is 4.74 Å². The van der Waals surface area contributed by atoms with Crippen LogP contribution in [0.3, 0.4) is 0 Å². The van der Waals surface area contributed by atoms with Crippen LogP contribution in [0.1, 0.15) is 15.9 Å². The predicted octanol–water partition coefficient (Wildman–Crippen LogP) is 3.52. The van der Waals surface area contributed by atoms with E-state index in [9.17, 15) is 14.7 Å². The van der Waals surface area contributed by atoms with Gasteiger partial charge in [-0.15, -0.1) is 0 Å². The van der Waals surface area contributed by atoms with Crippen LogP contribution in [0.4, 0.5) is 4.79 Å². The molecule has 5 heteroatoms. The van der Waals surface area contributed by atoms with Crippen molar-refractivity contribution in [2.24, 2.45) is 0 Å².